The largest absolute Gasteiger partial charge is 0.489 e. The first-order chi connectivity index (χ1) is 6.89. The zero-order chi connectivity index (χ0) is 11.2. The third-order valence-corrected chi connectivity index (χ3v) is 2.59. The molecule has 0 bridgehead atoms. The minimum atomic E-state index is -4.47. The highest BCUT2D eigenvalue weighted by molar-refractivity contribution is 9.10. The number of aliphatic hydroxyl groups is 1. The van der Waals surface area contributed by atoms with Crippen molar-refractivity contribution in [2.24, 2.45) is 0 Å². The molecule has 1 aliphatic rings. The fraction of sp³-hybridized carbons (Fsp3) is 0.333. The van der Waals surface area contributed by atoms with Gasteiger partial charge in [0.05, 0.1) is 5.56 Å². The number of ether oxygens (including phenoxy) is 1. The van der Waals surface area contributed by atoms with Gasteiger partial charge in [-0.05, 0) is 12.1 Å². The van der Waals surface area contributed by atoms with Crippen LogP contribution in [0.3, 0.4) is 0 Å². The zero-order valence-corrected chi connectivity index (χ0v) is 8.89. The quantitative estimate of drug-likeness (QED) is 0.793. The molecule has 6 heteroatoms. The smallest absolute Gasteiger partial charge is 0.420 e. The van der Waals surface area contributed by atoms with Crippen LogP contribution in [-0.2, 0) is 6.18 Å². The van der Waals surface area contributed by atoms with Gasteiger partial charge in [0.2, 0.25) is 0 Å². The van der Waals surface area contributed by atoms with Crippen LogP contribution in [0.1, 0.15) is 17.2 Å². The van der Waals surface area contributed by atoms with E-state index in [1.54, 1.807) is 0 Å². The summed E-state index contributed by atoms with van der Waals surface area (Å²) in [5.41, 5.74) is -0.680. The first kappa shape index (κ1) is 10.8. The van der Waals surface area contributed by atoms with E-state index in [1.807, 2.05) is 0 Å². The Morgan fingerprint density at radius 3 is 2.67 bits per heavy atom. The third kappa shape index (κ3) is 1.83. The van der Waals surface area contributed by atoms with E-state index in [-0.39, 0.29) is 22.4 Å². The fourth-order valence-corrected chi connectivity index (χ4v) is 1.96. The SMILES string of the molecule is O[C@H]1COc2c1cc(Br)cc2C(F)(F)F. The molecule has 2 nitrogen and oxygen atoms in total. The summed E-state index contributed by atoms with van der Waals surface area (Å²) in [6.45, 7) is -0.130. The van der Waals surface area contributed by atoms with E-state index in [4.69, 9.17) is 4.74 Å². The van der Waals surface area contributed by atoms with Crippen LogP contribution in [0.15, 0.2) is 16.6 Å². The van der Waals surface area contributed by atoms with E-state index in [1.165, 1.54) is 6.07 Å². The topological polar surface area (TPSA) is 29.5 Å². The summed E-state index contributed by atoms with van der Waals surface area (Å²) in [5.74, 6) is -0.266. The Morgan fingerprint density at radius 1 is 1.40 bits per heavy atom. The summed E-state index contributed by atoms with van der Waals surface area (Å²) in [5, 5.41) is 9.38. The fourth-order valence-electron chi connectivity index (χ4n) is 1.49. The van der Waals surface area contributed by atoms with Gasteiger partial charge in [0, 0.05) is 10.0 Å². The summed E-state index contributed by atoms with van der Waals surface area (Å²) < 4.78 is 42.8. The van der Waals surface area contributed by atoms with Gasteiger partial charge in [0.25, 0.3) is 0 Å². The standard InChI is InChI=1S/C9H6BrF3O2/c10-4-1-5-7(14)3-15-8(5)6(2-4)9(11,12)13/h1-2,7,14H,3H2/t7-/m0/s1. The number of hydrogen-bond acceptors (Lipinski definition) is 2. The number of halogens is 4. The Labute approximate surface area is 91.8 Å². The zero-order valence-electron chi connectivity index (χ0n) is 7.31. The van der Waals surface area contributed by atoms with Gasteiger partial charge < -0.3 is 9.84 Å². The first-order valence-corrected chi connectivity index (χ1v) is 4.90. The van der Waals surface area contributed by atoms with Crippen molar-refractivity contribution in [2.75, 3.05) is 6.61 Å². The molecule has 0 saturated carbocycles. The van der Waals surface area contributed by atoms with Gasteiger partial charge in [-0.15, -0.1) is 0 Å². The number of fused-ring (bicyclic) bond motifs is 1. The molecule has 0 aliphatic carbocycles. The van der Waals surface area contributed by atoms with Crippen LogP contribution in [0, 0.1) is 0 Å². The van der Waals surface area contributed by atoms with E-state index in [0.29, 0.717) is 0 Å². The maximum atomic E-state index is 12.6. The van der Waals surface area contributed by atoms with Gasteiger partial charge in [-0.2, -0.15) is 13.2 Å². The highest BCUT2D eigenvalue weighted by Gasteiger charge is 2.39. The van der Waals surface area contributed by atoms with Gasteiger partial charge in [0.1, 0.15) is 18.5 Å². The molecule has 1 aromatic carbocycles. The molecule has 0 radical (unpaired) electrons. The van der Waals surface area contributed by atoms with Crippen molar-refractivity contribution in [3.63, 3.8) is 0 Å². The maximum Gasteiger partial charge on any atom is 0.420 e. The molecule has 0 spiro atoms. The highest BCUT2D eigenvalue weighted by atomic mass is 79.9. The monoisotopic (exact) mass is 282 g/mol. The van der Waals surface area contributed by atoms with E-state index in [2.05, 4.69) is 15.9 Å². The number of alkyl halides is 3. The van der Waals surface area contributed by atoms with Crippen LogP contribution in [0.2, 0.25) is 0 Å². The molecule has 1 N–H and O–H groups in total. The first-order valence-electron chi connectivity index (χ1n) is 4.11. The minimum Gasteiger partial charge on any atom is -0.489 e. The van der Waals surface area contributed by atoms with Crippen molar-refractivity contribution in [2.45, 2.75) is 12.3 Å². The van der Waals surface area contributed by atoms with Gasteiger partial charge in [-0.1, -0.05) is 15.9 Å². The molecule has 1 aromatic rings. The molecular formula is C9H6BrF3O2. The Kier molecular flexibility index (Phi) is 2.42. The number of hydrogen-bond donors (Lipinski definition) is 1. The molecule has 1 atom stereocenters. The van der Waals surface area contributed by atoms with Crippen molar-refractivity contribution >= 4 is 15.9 Å². The van der Waals surface area contributed by atoms with Gasteiger partial charge in [0.15, 0.2) is 0 Å². The lowest BCUT2D eigenvalue weighted by Crippen LogP contribution is -2.07. The molecule has 0 aromatic heterocycles. The summed E-state index contributed by atoms with van der Waals surface area (Å²) in [6, 6.07) is 2.37. The van der Waals surface area contributed by atoms with E-state index in [9.17, 15) is 18.3 Å². The summed E-state index contributed by atoms with van der Waals surface area (Å²) in [4.78, 5) is 0. The lowest BCUT2D eigenvalue weighted by Gasteiger charge is -2.11. The number of benzene rings is 1. The van der Waals surface area contributed by atoms with Gasteiger partial charge >= 0.3 is 6.18 Å². The average Bonchev–Trinajstić information content (AvgIpc) is 2.45. The maximum absolute atomic E-state index is 12.6. The van der Waals surface area contributed by atoms with Gasteiger partial charge in [-0.25, -0.2) is 0 Å². The van der Waals surface area contributed by atoms with E-state index < -0.39 is 17.8 Å². The van der Waals surface area contributed by atoms with Crippen LogP contribution in [0.5, 0.6) is 5.75 Å². The molecular weight excluding hydrogens is 277 g/mol. The second-order valence-electron chi connectivity index (χ2n) is 3.20. The Hall–Kier alpha value is -0.750. The molecule has 1 heterocycles. The summed E-state index contributed by atoms with van der Waals surface area (Å²) >= 11 is 2.97. The lowest BCUT2D eigenvalue weighted by atomic mass is 10.1. The number of aliphatic hydroxyl groups excluding tert-OH is 1. The van der Waals surface area contributed by atoms with Crippen LogP contribution < -0.4 is 4.74 Å². The molecule has 15 heavy (non-hydrogen) atoms. The van der Waals surface area contributed by atoms with Crippen molar-refractivity contribution in [3.05, 3.63) is 27.7 Å². The molecule has 82 valence electrons. The van der Waals surface area contributed by atoms with Crippen LogP contribution >= 0.6 is 15.9 Å². The third-order valence-electron chi connectivity index (χ3n) is 2.13. The predicted octanol–water partition coefficient (Wildman–Crippen LogP) is 2.89. The molecule has 0 fully saturated rings. The second kappa shape index (κ2) is 3.38. The van der Waals surface area contributed by atoms with E-state index in [0.717, 1.165) is 6.07 Å². The number of rotatable bonds is 0. The van der Waals surface area contributed by atoms with Crippen molar-refractivity contribution in [1.29, 1.82) is 0 Å². The minimum absolute atomic E-state index is 0.130. The molecule has 1 aliphatic heterocycles. The van der Waals surface area contributed by atoms with Gasteiger partial charge in [-0.3, -0.25) is 0 Å². The Bertz CT molecular complexity index is 403. The predicted molar refractivity (Wildman–Crippen MR) is 49.6 cm³/mol. The molecule has 2 rings (SSSR count). The lowest BCUT2D eigenvalue weighted by molar-refractivity contribution is -0.138. The second-order valence-corrected chi connectivity index (χ2v) is 4.11. The van der Waals surface area contributed by atoms with E-state index >= 15 is 0 Å². The Morgan fingerprint density at radius 2 is 2.07 bits per heavy atom. The van der Waals surface area contributed by atoms with Crippen molar-refractivity contribution in [3.8, 4) is 5.75 Å². The Balaban J connectivity index is 2.62. The highest BCUT2D eigenvalue weighted by Crippen LogP contribution is 2.44. The van der Waals surface area contributed by atoms with Crippen molar-refractivity contribution in [1.82, 2.24) is 0 Å². The molecule has 0 unspecified atom stereocenters. The summed E-state index contributed by atoms with van der Waals surface area (Å²) in [7, 11) is 0. The van der Waals surface area contributed by atoms with Crippen LogP contribution in [0.25, 0.3) is 0 Å². The average molecular weight is 283 g/mol. The molecule has 0 saturated heterocycles. The normalized spacial score (nSPS) is 19.9. The molecule has 0 amide bonds. The van der Waals surface area contributed by atoms with Crippen molar-refractivity contribution < 1.29 is 23.0 Å². The van der Waals surface area contributed by atoms with Crippen LogP contribution in [0.4, 0.5) is 13.2 Å². The van der Waals surface area contributed by atoms with Crippen LogP contribution in [-0.4, -0.2) is 11.7 Å². The summed E-state index contributed by atoms with van der Waals surface area (Å²) in [6.07, 6.45) is -5.46.